The summed E-state index contributed by atoms with van der Waals surface area (Å²) in [6, 6.07) is 3.83. The van der Waals surface area contributed by atoms with Crippen LogP contribution in [0.5, 0.6) is 0 Å². The molecule has 1 saturated heterocycles. The van der Waals surface area contributed by atoms with E-state index in [1.807, 2.05) is 19.1 Å². The van der Waals surface area contributed by atoms with Crippen LogP contribution >= 0.6 is 15.9 Å². The third-order valence-corrected chi connectivity index (χ3v) is 5.46. The predicted molar refractivity (Wildman–Crippen MR) is 110 cm³/mol. The number of aryl methyl sites for hydroxylation is 1. The lowest BCUT2D eigenvalue weighted by molar-refractivity contribution is 0.102. The molecule has 1 aliphatic heterocycles. The number of H-pyrrole nitrogens is 1. The summed E-state index contributed by atoms with van der Waals surface area (Å²) >= 11 is 3.63. The Balaban J connectivity index is 1.75. The van der Waals surface area contributed by atoms with E-state index in [0.717, 1.165) is 52.7 Å². The van der Waals surface area contributed by atoms with Crippen molar-refractivity contribution in [2.75, 3.05) is 23.3 Å². The Morgan fingerprint density at radius 2 is 2.30 bits per heavy atom. The summed E-state index contributed by atoms with van der Waals surface area (Å²) in [6.07, 6.45) is 7.24. The van der Waals surface area contributed by atoms with E-state index >= 15 is 0 Å². The van der Waals surface area contributed by atoms with Crippen LogP contribution < -0.4 is 16.0 Å². The molecule has 1 atom stereocenters. The molecule has 1 amide bonds. The summed E-state index contributed by atoms with van der Waals surface area (Å²) in [7, 11) is 0. The van der Waals surface area contributed by atoms with E-state index in [-0.39, 0.29) is 11.9 Å². The van der Waals surface area contributed by atoms with Gasteiger partial charge in [0.2, 0.25) is 0 Å². The van der Waals surface area contributed by atoms with Crippen LogP contribution in [0.2, 0.25) is 0 Å². The number of aromatic amines is 1. The maximum atomic E-state index is 12.7. The van der Waals surface area contributed by atoms with E-state index in [1.54, 1.807) is 18.6 Å². The number of amides is 1. The van der Waals surface area contributed by atoms with E-state index in [0.29, 0.717) is 11.4 Å². The zero-order chi connectivity index (χ0) is 19.0. The van der Waals surface area contributed by atoms with Gasteiger partial charge in [0.15, 0.2) is 0 Å². The number of nitrogens with two attached hydrogens (primary N) is 1. The molecular weight excluding hydrogens is 408 g/mol. The Kier molecular flexibility index (Phi) is 4.84. The maximum Gasteiger partial charge on any atom is 0.274 e. The SMILES string of the molecule is Cc1cccnc1C(=O)Nc1c[nH]c2ncc(Br)c(N3CCCC(N)C3)c12. The van der Waals surface area contributed by atoms with Crippen molar-refractivity contribution >= 4 is 44.2 Å². The van der Waals surface area contributed by atoms with Gasteiger partial charge in [-0.2, -0.15) is 0 Å². The summed E-state index contributed by atoms with van der Waals surface area (Å²) in [4.78, 5) is 26.8. The predicted octanol–water partition coefficient (Wildman–Crippen LogP) is 3.21. The van der Waals surface area contributed by atoms with Crippen LogP contribution in [0.4, 0.5) is 11.4 Å². The second-order valence-electron chi connectivity index (χ2n) is 6.85. The van der Waals surface area contributed by atoms with Gasteiger partial charge in [-0.05, 0) is 47.3 Å². The van der Waals surface area contributed by atoms with E-state index in [4.69, 9.17) is 5.73 Å². The van der Waals surface area contributed by atoms with Crippen molar-refractivity contribution in [1.29, 1.82) is 0 Å². The number of anilines is 2. The van der Waals surface area contributed by atoms with E-state index in [1.165, 1.54) is 0 Å². The number of piperidine rings is 1. The first kappa shape index (κ1) is 17.9. The summed E-state index contributed by atoms with van der Waals surface area (Å²) in [5.74, 6) is -0.240. The highest BCUT2D eigenvalue weighted by atomic mass is 79.9. The molecule has 0 spiro atoms. The Morgan fingerprint density at radius 3 is 3.07 bits per heavy atom. The molecule has 0 bridgehead atoms. The zero-order valence-electron chi connectivity index (χ0n) is 15.0. The minimum atomic E-state index is -0.240. The second-order valence-corrected chi connectivity index (χ2v) is 7.71. The van der Waals surface area contributed by atoms with Crippen LogP contribution in [-0.4, -0.2) is 40.0 Å². The molecule has 1 unspecified atom stereocenters. The average molecular weight is 429 g/mol. The molecule has 0 aliphatic carbocycles. The molecule has 4 heterocycles. The third kappa shape index (κ3) is 3.42. The Bertz CT molecular complexity index is 1000. The van der Waals surface area contributed by atoms with Gasteiger partial charge in [0.25, 0.3) is 5.91 Å². The molecule has 3 aromatic heterocycles. The smallest absolute Gasteiger partial charge is 0.274 e. The average Bonchev–Trinajstić information content (AvgIpc) is 3.04. The van der Waals surface area contributed by atoms with Crippen molar-refractivity contribution in [3.8, 4) is 0 Å². The molecule has 27 heavy (non-hydrogen) atoms. The van der Waals surface area contributed by atoms with Gasteiger partial charge in [0.05, 0.1) is 21.2 Å². The standard InChI is InChI=1S/C19H21BrN6O/c1-11-4-2-6-22-16(11)19(27)25-14-9-24-18-15(14)17(13(20)8-23-18)26-7-3-5-12(21)10-26/h2,4,6,8-9,12H,3,5,7,10,21H2,1H3,(H,23,24)(H,25,27). The highest BCUT2D eigenvalue weighted by Crippen LogP contribution is 2.38. The zero-order valence-corrected chi connectivity index (χ0v) is 16.6. The lowest BCUT2D eigenvalue weighted by atomic mass is 10.1. The molecule has 3 aromatic rings. The van der Waals surface area contributed by atoms with Gasteiger partial charge in [-0.1, -0.05) is 6.07 Å². The van der Waals surface area contributed by atoms with Crippen LogP contribution in [0.3, 0.4) is 0 Å². The first-order valence-electron chi connectivity index (χ1n) is 8.93. The van der Waals surface area contributed by atoms with Gasteiger partial charge in [-0.3, -0.25) is 9.78 Å². The lowest BCUT2D eigenvalue weighted by Crippen LogP contribution is -2.43. The number of nitrogens with zero attached hydrogens (tertiary/aromatic N) is 3. The van der Waals surface area contributed by atoms with Crippen molar-refractivity contribution in [2.24, 2.45) is 5.73 Å². The number of carbonyl (C=O) groups is 1. The van der Waals surface area contributed by atoms with Crippen molar-refractivity contribution in [3.63, 3.8) is 0 Å². The van der Waals surface area contributed by atoms with Crippen LogP contribution in [0.25, 0.3) is 11.0 Å². The van der Waals surface area contributed by atoms with Gasteiger partial charge < -0.3 is 20.9 Å². The molecule has 1 fully saturated rings. The fourth-order valence-corrected chi connectivity index (χ4v) is 4.13. The van der Waals surface area contributed by atoms with Crippen molar-refractivity contribution in [1.82, 2.24) is 15.0 Å². The lowest BCUT2D eigenvalue weighted by Gasteiger charge is -2.33. The number of hydrogen-bond acceptors (Lipinski definition) is 5. The first-order valence-corrected chi connectivity index (χ1v) is 9.73. The molecule has 0 aromatic carbocycles. The number of fused-ring (bicyclic) bond motifs is 1. The molecule has 8 heteroatoms. The van der Waals surface area contributed by atoms with Gasteiger partial charge >= 0.3 is 0 Å². The highest BCUT2D eigenvalue weighted by Gasteiger charge is 2.24. The van der Waals surface area contributed by atoms with Gasteiger partial charge in [0, 0.05) is 37.7 Å². The fraction of sp³-hybridized carbons (Fsp3) is 0.316. The number of pyridine rings is 2. The van der Waals surface area contributed by atoms with E-state index < -0.39 is 0 Å². The minimum absolute atomic E-state index is 0.141. The van der Waals surface area contributed by atoms with Crippen LogP contribution in [0, 0.1) is 6.92 Å². The van der Waals surface area contributed by atoms with Crippen LogP contribution in [-0.2, 0) is 0 Å². The third-order valence-electron chi connectivity index (χ3n) is 4.88. The summed E-state index contributed by atoms with van der Waals surface area (Å²) < 4.78 is 0.883. The van der Waals surface area contributed by atoms with Crippen molar-refractivity contribution < 1.29 is 4.79 Å². The van der Waals surface area contributed by atoms with Gasteiger partial charge in [-0.25, -0.2) is 4.98 Å². The van der Waals surface area contributed by atoms with Crippen molar-refractivity contribution in [2.45, 2.75) is 25.8 Å². The number of halogens is 1. The Morgan fingerprint density at radius 1 is 1.44 bits per heavy atom. The molecule has 0 radical (unpaired) electrons. The largest absolute Gasteiger partial charge is 0.368 e. The quantitative estimate of drug-likeness (QED) is 0.594. The maximum absolute atomic E-state index is 12.7. The number of carbonyl (C=O) groups excluding carboxylic acids is 1. The van der Waals surface area contributed by atoms with Gasteiger partial charge in [0.1, 0.15) is 11.3 Å². The number of hydrogen-bond donors (Lipinski definition) is 3. The molecule has 1 aliphatic rings. The van der Waals surface area contributed by atoms with Crippen molar-refractivity contribution in [3.05, 3.63) is 46.5 Å². The fourth-order valence-electron chi connectivity index (χ4n) is 3.58. The molecule has 140 valence electrons. The number of nitrogens with one attached hydrogen (secondary N) is 2. The Labute approximate surface area is 165 Å². The molecule has 7 nitrogen and oxygen atoms in total. The summed E-state index contributed by atoms with van der Waals surface area (Å²) in [5, 5.41) is 3.86. The normalized spacial score (nSPS) is 17.3. The van der Waals surface area contributed by atoms with E-state index in [9.17, 15) is 4.79 Å². The number of aromatic nitrogens is 3. The molecule has 4 N–H and O–H groups in total. The molecule has 4 rings (SSSR count). The minimum Gasteiger partial charge on any atom is -0.368 e. The topological polar surface area (TPSA) is 99.9 Å². The molecule has 0 saturated carbocycles. The Hall–Kier alpha value is -2.45. The number of rotatable bonds is 3. The highest BCUT2D eigenvalue weighted by molar-refractivity contribution is 9.10. The summed E-state index contributed by atoms with van der Waals surface area (Å²) in [6.45, 7) is 3.56. The second kappa shape index (κ2) is 7.28. The monoisotopic (exact) mass is 428 g/mol. The van der Waals surface area contributed by atoms with E-state index in [2.05, 4.69) is 41.1 Å². The van der Waals surface area contributed by atoms with Crippen LogP contribution in [0.1, 0.15) is 28.9 Å². The van der Waals surface area contributed by atoms with Crippen LogP contribution in [0.15, 0.2) is 35.2 Å². The first-order chi connectivity index (χ1) is 13.0. The summed E-state index contributed by atoms with van der Waals surface area (Å²) in [5.41, 5.74) is 9.84. The molecular formula is C19H21BrN6O. The van der Waals surface area contributed by atoms with Gasteiger partial charge in [-0.15, -0.1) is 0 Å².